The van der Waals surface area contributed by atoms with Gasteiger partial charge in [-0.25, -0.2) is 0 Å². The average Bonchev–Trinajstić information content (AvgIpc) is 2.87. The molecular formula is C12H17N3O. The first kappa shape index (κ1) is 11.0. The van der Waals surface area contributed by atoms with E-state index in [1.54, 1.807) is 6.26 Å². The number of furan rings is 1. The van der Waals surface area contributed by atoms with Crippen LogP contribution >= 0.6 is 0 Å². The molecule has 0 saturated carbocycles. The first-order valence-corrected chi connectivity index (χ1v) is 5.47. The van der Waals surface area contributed by atoms with Gasteiger partial charge in [-0.1, -0.05) is 0 Å². The predicted octanol–water partition coefficient (Wildman–Crippen LogP) is 1.73. The Morgan fingerprint density at radius 3 is 3.06 bits per heavy atom. The first-order valence-electron chi connectivity index (χ1n) is 5.47. The van der Waals surface area contributed by atoms with Gasteiger partial charge < -0.3 is 9.73 Å². The second-order valence-corrected chi connectivity index (χ2v) is 4.09. The minimum atomic E-state index is 0.395. The van der Waals surface area contributed by atoms with E-state index in [-0.39, 0.29) is 0 Å². The molecule has 0 aliphatic carbocycles. The Kier molecular flexibility index (Phi) is 3.41. The quantitative estimate of drug-likeness (QED) is 0.833. The molecule has 0 spiro atoms. The summed E-state index contributed by atoms with van der Waals surface area (Å²) in [5, 5.41) is 7.57. The lowest BCUT2D eigenvalue weighted by molar-refractivity contribution is 0.456. The highest BCUT2D eigenvalue weighted by molar-refractivity contribution is 5.04. The van der Waals surface area contributed by atoms with Gasteiger partial charge in [-0.3, -0.25) is 4.68 Å². The average molecular weight is 219 g/mol. The van der Waals surface area contributed by atoms with Crippen LogP contribution in [0, 0.1) is 0 Å². The number of nitrogens with one attached hydrogen (secondary N) is 1. The number of hydrogen-bond acceptors (Lipinski definition) is 3. The molecule has 0 radical (unpaired) electrons. The van der Waals surface area contributed by atoms with Crippen molar-refractivity contribution in [3.05, 3.63) is 42.1 Å². The Balaban J connectivity index is 1.77. The van der Waals surface area contributed by atoms with Crippen molar-refractivity contribution in [3.8, 4) is 0 Å². The highest BCUT2D eigenvalue weighted by Crippen LogP contribution is 2.04. The molecule has 2 aromatic rings. The minimum Gasteiger partial charge on any atom is -0.469 e. The zero-order valence-corrected chi connectivity index (χ0v) is 9.68. The lowest BCUT2D eigenvalue weighted by Gasteiger charge is -2.11. The molecule has 1 atom stereocenters. The lowest BCUT2D eigenvalue weighted by Crippen LogP contribution is -2.27. The number of hydrogen-bond donors (Lipinski definition) is 1. The van der Waals surface area contributed by atoms with Gasteiger partial charge in [0.05, 0.1) is 12.5 Å². The Hall–Kier alpha value is -1.55. The van der Waals surface area contributed by atoms with E-state index in [9.17, 15) is 0 Å². The highest BCUT2D eigenvalue weighted by atomic mass is 16.3. The number of rotatable bonds is 5. The van der Waals surface area contributed by atoms with Crippen molar-refractivity contribution < 1.29 is 4.42 Å². The molecule has 1 N–H and O–H groups in total. The second kappa shape index (κ2) is 4.99. The van der Waals surface area contributed by atoms with Crippen molar-refractivity contribution in [1.82, 2.24) is 15.1 Å². The van der Waals surface area contributed by atoms with Crippen molar-refractivity contribution >= 4 is 0 Å². The van der Waals surface area contributed by atoms with Crippen LogP contribution in [-0.2, 0) is 20.0 Å². The van der Waals surface area contributed by atoms with E-state index in [0.717, 1.165) is 18.7 Å². The summed E-state index contributed by atoms with van der Waals surface area (Å²) in [4.78, 5) is 0. The molecule has 2 aromatic heterocycles. The SMILES string of the molecule is CC(Cc1ccco1)NCc1cnn(C)c1. The molecule has 4 nitrogen and oxygen atoms in total. The fourth-order valence-electron chi connectivity index (χ4n) is 1.66. The highest BCUT2D eigenvalue weighted by Gasteiger charge is 2.05. The fraction of sp³-hybridized carbons (Fsp3) is 0.417. The van der Waals surface area contributed by atoms with E-state index in [2.05, 4.69) is 17.3 Å². The topological polar surface area (TPSA) is 43.0 Å². The molecule has 0 saturated heterocycles. The Morgan fingerprint density at radius 1 is 1.56 bits per heavy atom. The Labute approximate surface area is 95.3 Å². The third-order valence-electron chi connectivity index (χ3n) is 2.50. The molecule has 0 aliphatic heterocycles. The van der Waals surface area contributed by atoms with E-state index < -0.39 is 0 Å². The zero-order valence-electron chi connectivity index (χ0n) is 9.68. The van der Waals surface area contributed by atoms with Crippen molar-refractivity contribution in [2.75, 3.05) is 0 Å². The van der Waals surface area contributed by atoms with Crippen LogP contribution in [0.3, 0.4) is 0 Å². The van der Waals surface area contributed by atoms with Crippen molar-refractivity contribution in [2.24, 2.45) is 7.05 Å². The Morgan fingerprint density at radius 2 is 2.44 bits per heavy atom. The summed E-state index contributed by atoms with van der Waals surface area (Å²) in [6, 6.07) is 4.32. The van der Waals surface area contributed by atoms with Gasteiger partial charge in [0, 0.05) is 37.8 Å². The van der Waals surface area contributed by atoms with Crippen molar-refractivity contribution in [3.63, 3.8) is 0 Å². The maximum absolute atomic E-state index is 5.30. The van der Waals surface area contributed by atoms with Crippen LogP contribution in [-0.4, -0.2) is 15.8 Å². The van der Waals surface area contributed by atoms with Crippen molar-refractivity contribution in [1.29, 1.82) is 0 Å². The summed E-state index contributed by atoms with van der Waals surface area (Å²) in [6.07, 6.45) is 6.52. The standard InChI is InChI=1S/C12H17N3O/c1-10(6-12-4-3-5-16-12)13-7-11-8-14-15(2)9-11/h3-5,8-10,13H,6-7H2,1-2H3. The van der Waals surface area contributed by atoms with Gasteiger partial charge in [-0.15, -0.1) is 0 Å². The molecule has 0 fully saturated rings. The van der Waals surface area contributed by atoms with E-state index in [0.29, 0.717) is 6.04 Å². The number of aryl methyl sites for hydroxylation is 1. The zero-order chi connectivity index (χ0) is 11.4. The molecule has 2 rings (SSSR count). The van der Waals surface area contributed by atoms with Crippen LogP contribution < -0.4 is 5.32 Å². The summed E-state index contributed by atoms with van der Waals surface area (Å²) in [5.41, 5.74) is 1.20. The summed E-state index contributed by atoms with van der Waals surface area (Å²) in [5.74, 6) is 1.02. The monoisotopic (exact) mass is 219 g/mol. The van der Waals surface area contributed by atoms with Crippen molar-refractivity contribution in [2.45, 2.75) is 25.9 Å². The van der Waals surface area contributed by atoms with Crippen LogP contribution in [0.15, 0.2) is 35.2 Å². The maximum Gasteiger partial charge on any atom is 0.105 e. The van der Waals surface area contributed by atoms with Gasteiger partial charge >= 0.3 is 0 Å². The number of aromatic nitrogens is 2. The van der Waals surface area contributed by atoms with E-state index in [1.165, 1.54) is 5.56 Å². The van der Waals surface area contributed by atoms with Crippen LogP contribution in [0.4, 0.5) is 0 Å². The van der Waals surface area contributed by atoms with Crippen LogP contribution in [0.1, 0.15) is 18.2 Å². The number of nitrogens with zero attached hydrogens (tertiary/aromatic N) is 2. The van der Waals surface area contributed by atoms with Gasteiger partial charge in [0.2, 0.25) is 0 Å². The van der Waals surface area contributed by atoms with E-state index in [4.69, 9.17) is 4.42 Å². The summed E-state index contributed by atoms with van der Waals surface area (Å²) >= 11 is 0. The molecule has 2 heterocycles. The van der Waals surface area contributed by atoms with Gasteiger partial charge in [-0.05, 0) is 19.1 Å². The normalized spacial score (nSPS) is 12.9. The summed E-state index contributed by atoms with van der Waals surface area (Å²) in [7, 11) is 1.93. The lowest BCUT2D eigenvalue weighted by atomic mass is 10.2. The fourth-order valence-corrected chi connectivity index (χ4v) is 1.66. The molecular weight excluding hydrogens is 202 g/mol. The third kappa shape index (κ3) is 2.97. The first-order chi connectivity index (χ1) is 7.74. The van der Waals surface area contributed by atoms with E-state index in [1.807, 2.05) is 36.3 Å². The molecule has 0 aromatic carbocycles. The predicted molar refractivity (Wildman–Crippen MR) is 61.9 cm³/mol. The minimum absolute atomic E-state index is 0.395. The summed E-state index contributed by atoms with van der Waals surface area (Å²) < 4.78 is 7.12. The largest absolute Gasteiger partial charge is 0.469 e. The summed E-state index contributed by atoms with van der Waals surface area (Å²) in [6.45, 7) is 2.99. The molecule has 1 unspecified atom stereocenters. The van der Waals surface area contributed by atoms with Gasteiger partial charge in [-0.2, -0.15) is 5.10 Å². The van der Waals surface area contributed by atoms with Gasteiger partial charge in [0.1, 0.15) is 5.76 Å². The van der Waals surface area contributed by atoms with Crippen LogP contribution in [0.5, 0.6) is 0 Å². The smallest absolute Gasteiger partial charge is 0.105 e. The van der Waals surface area contributed by atoms with Gasteiger partial charge in [0.25, 0.3) is 0 Å². The third-order valence-corrected chi connectivity index (χ3v) is 2.50. The molecule has 86 valence electrons. The van der Waals surface area contributed by atoms with E-state index >= 15 is 0 Å². The molecule has 4 heteroatoms. The second-order valence-electron chi connectivity index (χ2n) is 4.09. The maximum atomic E-state index is 5.30. The van der Waals surface area contributed by atoms with Crippen LogP contribution in [0.2, 0.25) is 0 Å². The van der Waals surface area contributed by atoms with Crippen LogP contribution in [0.25, 0.3) is 0 Å². The molecule has 0 bridgehead atoms. The molecule has 16 heavy (non-hydrogen) atoms. The molecule has 0 amide bonds. The molecule has 0 aliphatic rings. The Bertz CT molecular complexity index is 419. The van der Waals surface area contributed by atoms with Gasteiger partial charge in [0.15, 0.2) is 0 Å².